The third kappa shape index (κ3) is 24.5. The predicted octanol–water partition coefficient (Wildman–Crippen LogP) is 13.0. The molecule has 0 spiro atoms. The molecule has 4 aromatic rings. The second kappa shape index (κ2) is 48.0. The average molecular weight is 937 g/mol. The standard InChI is InChI=1S/C36H40N4O5.C3H8O2.9C2H4/c41-30(28-14-8-3-9-15-28)24-38-32-34(37-33(38)29-19-16-25(17-20-29)18-21-31(42)43)39(22-26-10-4-1-5-11-26)36(45)40(35(32)44)23-27-12-6-2-7-13-27;1-5-3-2-4;9*1-2/h3,8-9,14-21,26-27H,1-2,4-7,10-13,22-24H2,(H,42,43);4H,2-3H2,1H3;9*1-2H2/b21-18+;;;;;;;;;;. The largest absolute Gasteiger partial charge is 0.478 e. The summed E-state index contributed by atoms with van der Waals surface area (Å²) < 4.78 is 9.24. The zero-order valence-corrected chi connectivity index (χ0v) is 41.6. The molecule has 374 valence electrons. The number of hydrogen-bond donors (Lipinski definition) is 2. The van der Waals surface area contributed by atoms with Crippen molar-refractivity contribution in [2.75, 3.05) is 20.3 Å². The number of methoxy groups -OCH3 is 1. The molecule has 0 aliphatic heterocycles. The molecule has 68 heavy (non-hydrogen) atoms. The van der Waals surface area contributed by atoms with Gasteiger partial charge < -0.3 is 19.5 Å². The SMILES string of the molecule is C=C.C=C.C=C.C=C.C=C.C=C.C=C.C=C.C=C.COCCO.O=C(O)/C=C/c1ccc(-c2nc3c(c(=O)n(CC4CCCCC4)c(=O)n3CC3CCCCC3)n2CC(=O)c2ccccc2)cc1. The van der Waals surface area contributed by atoms with Gasteiger partial charge in [-0.25, -0.2) is 14.6 Å². The highest BCUT2D eigenvalue weighted by atomic mass is 16.5. The zero-order chi connectivity index (χ0) is 53.5. The number of carboxylic acid groups (broad SMARTS) is 1. The summed E-state index contributed by atoms with van der Waals surface area (Å²) in [6.07, 6.45) is 13.4. The van der Waals surface area contributed by atoms with Crippen LogP contribution in [0.25, 0.3) is 28.6 Å². The van der Waals surface area contributed by atoms with Crippen molar-refractivity contribution >= 4 is 29.0 Å². The number of hydrogen-bond acceptors (Lipinski definition) is 7. The van der Waals surface area contributed by atoms with Crippen LogP contribution in [0.15, 0.2) is 189 Å². The molecule has 11 heteroatoms. The summed E-state index contributed by atoms with van der Waals surface area (Å²) in [6.45, 7) is 55.3. The Morgan fingerprint density at radius 2 is 1.09 bits per heavy atom. The number of imidazole rings is 1. The lowest BCUT2D eigenvalue weighted by Gasteiger charge is -2.25. The highest BCUT2D eigenvalue weighted by Gasteiger charge is 2.27. The number of aliphatic hydroxyl groups excluding tert-OH is 1. The first kappa shape index (κ1) is 70.1. The number of carbonyl (C=O) groups is 2. The first-order valence-corrected chi connectivity index (χ1v) is 22.2. The van der Waals surface area contributed by atoms with Gasteiger partial charge >= 0.3 is 11.7 Å². The highest BCUT2D eigenvalue weighted by molar-refractivity contribution is 5.97. The van der Waals surface area contributed by atoms with Gasteiger partial charge in [0.25, 0.3) is 5.56 Å². The number of ketones is 1. The number of fused-ring (bicyclic) bond motifs is 1. The van der Waals surface area contributed by atoms with E-state index in [9.17, 15) is 19.2 Å². The van der Waals surface area contributed by atoms with Gasteiger partial charge in [-0.3, -0.25) is 18.7 Å². The van der Waals surface area contributed by atoms with Crippen LogP contribution in [-0.4, -0.2) is 61.0 Å². The number of carbonyl (C=O) groups excluding carboxylic acids is 1. The molecular formula is C57H84N4O7. The van der Waals surface area contributed by atoms with Crippen LogP contribution in [0.3, 0.4) is 0 Å². The number of rotatable bonds is 12. The van der Waals surface area contributed by atoms with Crippen molar-refractivity contribution < 1.29 is 24.5 Å². The van der Waals surface area contributed by atoms with E-state index in [1.165, 1.54) is 23.5 Å². The quantitative estimate of drug-likeness (QED) is 0.0811. The molecule has 2 aliphatic rings. The summed E-state index contributed by atoms with van der Waals surface area (Å²) in [4.78, 5) is 58.2. The number of aromatic nitrogens is 4. The number of nitrogens with zero attached hydrogens (tertiary/aromatic N) is 4. The minimum Gasteiger partial charge on any atom is -0.478 e. The average Bonchev–Trinajstić information content (AvgIpc) is 3.81. The number of Topliss-reactive ketones (excluding diaryl/α,β-unsaturated/α-hetero) is 1. The molecule has 2 aromatic heterocycles. The number of carboxylic acids is 1. The minimum atomic E-state index is -1.04. The van der Waals surface area contributed by atoms with E-state index in [1.54, 1.807) is 52.6 Å². The summed E-state index contributed by atoms with van der Waals surface area (Å²) >= 11 is 0. The summed E-state index contributed by atoms with van der Waals surface area (Å²) in [5.74, 6) is -0.202. The van der Waals surface area contributed by atoms with Crippen LogP contribution in [0, 0.1) is 11.8 Å². The Bertz CT molecular complexity index is 2010. The lowest BCUT2D eigenvalue weighted by molar-refractivity contribution is -0.131. The van der Waals surface area contributed by atoms with Crippen molar-refractivity contribution in [3.8, 4) is 11.4 Å². The summed E-state index contributed by atoms with van der Waals surface area (Å²) in [6, 6.07) is 16.1. The van der Waals surface area contributed by atoms with Crippen LogP contribution in [-0.2, 0) is 29.2 Å². The number of aliphatic carboxylic acids is 1. The molecule has 2 aromatic carbocycles. The van der Waals surface area contributed by atoms with Gasteiger partial charge in [0.1, 0.15) is 5.82 Å². The normalized spacial score (nSPS) is 12.0. The summed E-state index contributed by atoms with van der Waals surface area (Å²) in [5.41, 5.74) is 1.75. The van der Waals surface area contributed by atoms with E-state index < -0.39 is 11.5 Å². The van der Waals surface area contributed by atoms with Gasteiger partial charge in [0.05, 0.1) is 19.8 Å². The molecule has 0 unspecified atom stereocenters. The van der Waals surface area contributed by atoms with E-state index in [0.717, 1.165) is 57.4 Å². The smallest absolute Gasteiger partial charge is 0.332 e. The molecule has 0 saturated heterocycles. The fourth-order valence-electron chi connectivity index (χ4n) is 7.11. The van der Waals surface area contributed by atoms with Gasteiger partial charge in [-0.2, -0.15) is 0 Å². The van der Waals surface area contributed by atoms with Crippen LogP contribution in [0.2, 0.25) is 0 Å². The molecule has 2 saturated carbocycles. The number of aliphatic hydroxyl groups is 1. The monoisotopic (exact) mass is 937 g/mol. The van der Waals surface area contributed by atoms with Crippen molar-refractivity contribution in [2.45, 2.75) is 83.8 Å². The second-order valence-electron chi connectivity index (χ2n) is 13.3. The Labute approximate surface area is 409 Å². The molecule has 0 radical (unpaired) electrons. The molecule has 2 N–H and O–H groups in total. The van der Waals surface area contributed by atoms with Crippen molar-refractivity contribution in [2.24, 2.45) is 11.8 Å². The first-order valence-electron chi connectivity index (χ1n) is 22.2. The Morgan fingerprint density at radius 3 is 1.49 bits per heavy atom. The maximum Gasteiger partial charge on any atom is 0.332 e. The van der Waals surface area contributed by atoms with E-state index in [0.29, 0.717) is 53.8 Å². The highest BCUT2D eigenvalue weighted by Crippen LogP contribution is 2.29. The maximum absolute atomic E-state index is 14.4. The molecule has 0 bridgehead atoms. The van der Waals surface area contributed by atoms with Gasteiger partial charge in [0.15, 0.2) is 16.9 Å². The fraction of sp³-hybridized carbons (Fsp3) is 0.316. The third-order valence-corrected chi connectivity index (χ3v) is 9.73. The van der Waals surface area contributed by atoms with E-state index >= 15 is 0 Å². The maximum atomic E-state index is 14.4. The van der Waals surface area contributed by atoms with E-state index in [2.05, 4.69) is 123 Å². The Morgan fingerprint density at radius 1 is 0.647 bits per heavy atom. The minimum absolute atomic E-state index is 0.114. The molecule has 2 heterocycles. The Kier molecular flexibility index (Phi) is 49.5. The number of ether oxygens (including phenoxy) is 1. The van der Waals surface area contributed by atoms with Crippen LogP contribution in [0.1, 0.15) is 80.1 Å². The molecular weight excluding hydrogens is 853 g/mol. The Balaban J connectivity index is -0.000000498. The van der Waals surface area contributed by atoms with Gasteiger partial charge in [-0.1, -0.05) is 93.1 Å². The summed E-state index contributed by atoms with van der Waals surface area (Å²) in [5, 5.41) is 17.0. The van der Waals surface area contributed by atoms with E-state index in [1.807, 2.05) is 18.2 Å². The van der Waals surface area contributed by atoms with Gasteiger partial charge in [-0.05, 0) is 49.2 Å². The van der Waals surface area contributed by atoms with Gasteiger partial charge in [0.2, 0.25) is 0 Å². The van der Waals surface area contributed by atoms with Crippen LogP contribution in [0.5, 0.6) is 0 Å². The lowest BCUT2D eigenvalue weighted by Crippen LogP contribution is -2.43. The fourth-order valence-corrected chi connectivity index (χ4v) is 7.11. The molecule has 2 fully saturated rings. The molecule has 0 amide bonds. The Hall–Kier alpha value is -6.95. The van der Waals surface area contributed by atoms with Crippen molar-refractivity contribution in [1.82, 2.24) is 18.7 Å². The molecule has 0 atom stereocenters. The second-order valence-corrected chi connectivity index (χ2v) is 13.3. The van der Waals surface area contributed by atoms with Crippen molar-refractivity contribution in [3.05, 3.63) is 211 Å². The van der Waals surface area contributed by atoms with Gasteiger partial charge in [-0.15, -0.1) is 118 Å². The summed E-state index contributed by atoms with van der Waals surface area (Å²) in [7, 11) is 1.55. The lowest BCUT2D eigenvalue weighted by atomic mass is 9.89. The predicted molar refractivity (Wildman–Crippen MR) is 295 cm³/mol. The van der Waals surface area contributed by atoms with Gasteiger partial charge in [0, 0.05) is 37.4 Å². The van der Waals surface area contributed by atoms with Crippen LogP contribution in [0.4, 0.5) is 0 Å². The van der Waals surface area contributed by atoms with Crippen LogP contribution < -0.4 is 11.2 Å². The van der Waals surface area contributed by atoms with Crippen molar-refractivity contribution in [3.63, 3.8) is 0 Å². The van der Waals surface area contributed by atoms with E-state index in [-0.39, 0.29) is 36.1 Å². The first-order chi connectivity index (χ1) is 33.3. The topological polar surface area (TPSA) is 146 Å². The third-order valence-electron chi connectivity index (χ3n) is 9.73. The zero-order valence-electron chi connectivity index (χ0n) is 41.6. The molecule has 6 rings (SSSR count). The molecule has 2 aliphatic carbocycles. The van der Waals surface area contributed by atoms with Crippen molar-refractivity contribution in [1.29, 1.82) is 0 Å². The van der Waals surface area contributed by atoms with E-state index in [4.69, 9.17) is 15.2 Å². The number of benzene rings is 2. The molecule has 11 nitrogen and oxygen atoms in total. The van der Waals surface area contributed by atoms with Crippen LogP contribution >= 0.6 is 0 Å².